The molecule has 0 atom stereocenters. The molecule has 0 saturated heterocycles. The van der Waals surface area contributed by atoms with Crippen LogP contribution in [0.3, 0.4) is 0 Å². The van der Waals surface area contributed by atoms with Gasteiger partial charge in [-0.25, -0.2) is 4.79 Å². The minimum absolute atomic E-state index is 0.240. The van der Waals surface area contributed by atoms with Crippen molar-refractivity contribution in [2.75, 3.05) is 5.32 Å². The summed E-state index contributed by atoms with van der Waals surface area (Å²) in [4.78, 5) is 23.2. The molecule has 1 aromatic heterocycles. The highest BCUT2D eigenvalue weighted by molar-refractivity contribution is 7.80. The monoisotopic (exact) mass is 353 g/mol. The lowest BCUT2D eigenvalue weighted by Gasteiger charge is -2.14. The van der Waals surface area contributed by atoms with Crippen LogP contribution in [0.4, 0.5) is 5.69 Å². The van der Waals surface area contributed by atoms with Gasteiger partial charge in [0.25, 0.3) is 5.91 Å². The van der Waals surface area contributed by atoms with Crippen LogP contribution in [-0.2, 0) is 0 Å². The Labute approximate surface area is 148 Å². The van der Waals surface area contributed by atoms with Gasteiger partial charge in [-0.15, -0.1) is 0 Å². The molecule has 1 amide bonds. The lowest BCUT2D eigenvalue weighted by molar-refractivity contribution is 0.0944. The Hall–Kier alpha value is -3.19. The number of thiocarbonyl (C=S) groups is 1. The summed E-state index contributed by atoms with van der Waals surface area (Å²) in [6.45, 7) is 1.86. The number of carbonyl (C=O) groups excluding carboxylic acids is 1. The molecule has 3 N–H and O–H groups in total. The number of nitrogens with one attached hydrogen (secondary N) is 3. The van der Waals surface area contributed by atoms with Gasteiger partial charge in [-0.1, -0.05) is 18.2 Å². The van der Waals surface area contributed by atoms with Crippen LogP contribution < -0.4 is 21.8 Å². The van der Waals surface area contributed by atoms with Crippen molar-refractivity contribution in [3.8, 4) is 0 Å². The van der Waals surface area contributed by atoms with Gasteiger partial charge in [0.05, 0.1) is 0 Å². The van der Waals surface area contributed by atoms with E-state index in [-0.39, 0.29) is 11.0 Å². The van der Waals surface area contributed by atoms with E-state index in [9.17, 15) is 9.59 Å². The zero-order chi connectivity index (χ0) is 17.8. The molecule has 0 aliphatic heterocycles. The fourth-order valence-corrected chi connectivity index (χ4v) is 2.44. The van der Waals surface area contributed by atoms with Gasteiger partial charge in [0.1, 0.15) is 5.58 Å². The molecule has 0 aliphatic carbocycles. The van der Waals surface area contributed by atoms with Crippen molar-refractivity contribution < 1.29 is 9.21 Å². The SMILES string of the molecule is Cc1cc2oc(=O)ccc2cc1NC(=S)NNC(=O)c1ccccc1. The van der Waals surface area contributed by atoms with E-state index in [1.807, 2.05) is 19.1 Å². The Bertz CT molecular complexity index is 999. The smallest absolute Gasteiger partial charge is 0.336 e. The maximum absolute atomic E-state index is 12.0. The van der Waals surface area contributed by atoms with Crippen molar-refractivity contribution in [2.45, 2.75) is 6.92 Å². The second kappa shape index (κ2) is 7.14. The molecule has 0 saturated carbocycles. The fraction of sp³-hybridized carbons (Fsp3) is 0.0556. The molecule has 3 rings (SSSR count). The summed E-state index contributed by atoms with van der Waals surface area (Å²) in [5.74, 6) is -0.290. The number of rotatable bonds is 2. The standard InChI is InChI=1S/C18H15N3O3S/c1-11-9-15-13(7-8-16(22)24-15)10-14(11)19-18(25)21-20-17(23)12-5-3-2-4-6-12/h2-10H,1H3,(H,20,23)(H2,19,21,25). The molecular formula is C18H15N3O3S. The Balaban J connectivity index is 1.67. The summed E-state index contributed by atoms with van der Waals surface area (Å²) in [7, 11) is 0. The van der Waals surface area contributed by atoms with E-state index in [1.54, 1.807) is 36.4 Å². The van der Waals surface area contributed by atoms with Crippen molar-refractivity contribution in [3.63, 3.8) is 0 Å². The van der Waals surface area contributed by atoms with Crippen LogP contribution in [0.25, 0.3) is 11.0 Å². The van der Waals surface area contributed by atoms with E-state index in [4.69, 9.17) is 16.6 Å². The molecular weight excluding hydrogens is 338 g/mol. The van der Waals surface area contributed by atoms with Crippen molar-refractivity contribution in [1.82, 2.24) is 10.9 Å². The van der Waals surface area contributed by atoms with Crippen LogP contribution in [-0.4, -0.2) is 11.0 Å². The van der Waals surface area contributed by atoms with E-state index in [1.165, 1.54) is 6.07 Å². The molecule has 0 aliphatic rings. The molecule has 0 bridgehead atoms. The maximum Gasteiger partial charge on any atom is 0.336 e. The van der Waals surface area contributed by atoms with Gasteiger partial charge in [-0.2, -0.15) is 0 Å². The molecule has 126 valence electrons. The first-order chi connectivity index (χ1) is 12.0. The Kier molecular flexibility index (Phi) is 4.76. The predicted octanol–water partition coefficient (Wildman–Crippen LogP) is 2.73. The zero-order valence-electron chi connectivity index (χ0n) is 13.3. The summed E-state index contributed by atoms with van der Waals surface area (Å²) in [6, 6.07) is 15.4. The average molecular weight is 353 g/mol. The summed E-state index contributed by atoms with van der Waals surface area (Å²) >= 11 is 5.20. The van der Waals surface area contributed by atoms with Crippen LogP contribution in [0, 0.1) is 6.92 Å². The van der Waals surface area contributed by atoms with E-state index >= 15 is 0 Å². The Morgan fingerprint density at radius 3 is 2.56 bits per heavy atom. The number of amides is 1. The van der Waals surface area contributed by atoms with Crippen LogP contribution in [0.5, 0.6) is 0 Å². The summed E-state index contributed by atoms with van der Waals surface area (Å²) < 4.78 is 5.14. The van der Waals surface area contributed by atoms with E-state index < -0.39 is 5.63 Å². The van der Waals surface area contributed by atoms with Crippen molar-refractivity contribution >= 4 is 39.9 Å². The average Bonchev–Trinajstić information content (AvgIpc) is 2.61. The van der Waals surface area contributed by atoms with Crippen LogP contribution in [0.2, 0.25) is 0 Å². The molecule has 0 spiro atoms. The first kappa shape index (κ1) is 16.7. The fourth-order valence-electron chi connectivity index (χ4n) is 2.28. The number of carbonyl (C=O) groups is 1. The Morgan fingerprint density at radius 2 is 1.80 bits per heavy atom. The molecule has 3 aromatic rings. The quantitative estimate of drug-likeness (QED) is 0.373. The van der Waals surface area contributed by atoms with Gasteiger partial charge < -0.3 is 9.73 Å². The molecule has 25 heavy (non-hydrogen) atoms. The second-order valence-corrected chi connectivity index (χ2v) is 5.77. The van der Waals surface area contributed by atoms with Gasteiger partial charge in [-0.05, 0) is 55.0 Å². The number of hydrogen-bond acceptors (Lipinski definition) is 4. The highest BCUT2D eigenvalue weighted by atomic mass is 32.1. The minimum Gasteiger partial charge on any atom is -0.423 e. The molecule has 1 heterocycles. The topological polar surface area (TPSA) is 83.4 Å². The van der Waals surface area contributed by atoms with Gasteiger partial charge in [0, 0.05) is 22.7 Å². The molecule has 7 heteroatoms. The van der Waals surface area contributed by atoms with Gasteiger partial charge in [0.15, 0.2) is 5.11 Å². The van der Waals surface area contributed by atoms with Crippen LogP contribution in [0.15, 0.2) is 63.8 Å². The summed E-state index contributed by atoms with van der Waals surface area (Å²) in [5, 5.41) is 4.02. The minimum atomic E-state index is -0.395. The molecule has 0 radical (unpaired) electrons. The number of aryl methyl sites for hydroxylation is 1. The highest BCUT2D eigenvalue weighted by Crippen LogP contribution is 2.22. The largest absolute Gasteiger partial charge is 0.423 e. The first-order valence-corrected chi connectivity index (χ1v) is 7.90. The van der Waals surface area contributed by atoms with Crippen LogP contribution >= 0.6 is 12.2 Å². The van der Waals surface area contributed by atoms with E-state index in [0.29, 0.717) is 11.1 Å². The van der Waals surface area contributed by atoms with Gasteiger partial charge in [-0.3, -0.25) is 15.6 Å². The molecule has 6 nitrogen and oxygen atoms in total. The molecule has 0 unspecified atom stereocenters. The lowest BCUT2D eigenvalue weighted by Crippen LogP contribution is -2.43. The number of hydrazine groups is 1. The lowest BCUT2D eigenvalue weighted by atomic mass is 10.1. The Morgan fingerprint density at radius 1 is 1.04 bits per heavy atom. The number of fused-ring (bicyclic) bond motifs is 1. The maximum atomic E-state index is 12.0. The van der Waals surface area contributed by atoms with Gasteiger partial charge in [0.2, 0.25) is 0 Å². The molecule has 2 aromatic carbocycles. The summed E-state index contributed by atoms with van der Waals surface area (Å²) in [6.07, 6.45) is 0. The third kappa shape index (κ3) is 4.02. The van der Waals surface area contributed by atoms with Gasteiger partial charge >= 0.3 is 5.63 Å². The van der Waals surface area contributed by atoms with E-state index in [2.05, 4.69) is 16.2 Å². The third-order valence-corrected chi connectivity index (χ3v) is 3.74. The number of anilines is 1. The first-order valence-electron chi connectivity index (χ1n) is 7.50. The third-order valence-electron chi connectivity index (χ3n) is 3.54. The number of benzene rings is 2. The highest BCUT2D eigenvalue weighted by Gasteiger charge is 2.07. The van der Waals surface area contributed by atoms with E-state index in [0.717, 1.165) is 16.6 Å². The van der Waals surface area contributed by atoms with Crippen molar-refractivity contribution in [3.05, 3.63) is 76.1 Å². The van der Waals surface area contributed by atoms with Crippen molar-refractivity contribution in [2.24, 2.45) is 0 Å². The normalized spacial score (nSPS) is 10.3. The zero-order valence-corrected chi connectivity index (χ0v) is 14.1. The predicted molar refractivity (Wildman–Crippen MR) is 100 cm³/mol. The number of hydrogen-bond donors (Lipinski definition) is 3. The van der Waals surface area contributed by atoms with Crippen molar-refractivity contribution in [1.29, 1.82) is 0 Å². The second-order valence-electron chi connectivity index (χ2n) is 5.36. The molecule has 0 fully saturated rings. The van der Waals surface area contributed by atoms with Crippen LogP contribution in [0.1, 0.15) is 15.9 Å². The summed E-state index contributed by atoms with van der Waals surface area (Å²) in [5.41, 5.74) is 7.42.